The summed E-state index contributed by atoms with van der Waals surface area (Å²) in [6.07, 6.45) is 4.71. The maximum absolute atomic E-state index is 12.6. The Bertz CT molecular complexity index is 750. The average Bonchev–Trinajstić information content (AvgIpc) is 2.93. The van der Waals surface area contributed by atoms with Crippen LogP contribution in [0.15, 0.2) is 24.3 Å². The first-order chi connectivity index (χ1) is 10.8. The van der Waals surface area contributed by atoms with Crippen molar-refractivity contribution >= 4 is 16.8 Å². The van der Waals surface area contributed by atoms with Crippen molar-refractivity contribution in [2.24, 2.45) is 0 Å². The molecule has 1 aromatic heterocycles. The summed E-state index contributed by atoms with van der Waals surface area (Å²) in [6, 6.07) is 9.30. The molecule has 0 saturated carbocycles. The lowest BCUT2D eigenvalue weighted by Crippen LogP contribution is -2.60. The summed E-state index contributed by atoms with van der Waals surface area (Å²) in [5.41, 5.74) is 3.96. The Morgan fingerprint density at radius 2 is 2.05 bits per heavy atom. The van der Waals surface area contributed by atoms with Crippen molar-refractivity contribution in [2.75, 3.05) is 19.6 Å². The number of nitrogens with zero attached hydrogens (tertiary/aromatic N) is 2. The summed E-state index contributed by atoms with van der Waals surface area (Å²) in [4.78, 5) is 20.8. The number of rotatable bonds is 0. The average molecular weight is 295 g/mol. The van der Waals surface area contributed by atoms with Gasteiger partial charge >= 0.3 is 0 Å². The number of hydrogen-bond donors (Lipinski definition) is 1. The van der Waals surface area contributed by atoms with Gasteiger partial charge < -0.3 is 9.88 Å². The molecule has 1 amide bonds. The largest absolute Gasteiger partial charge is 0.356 e. The predicted molar refractivity (Wildman–Crippen MR) is 85.7 cm³/mol. The number of aromatic amines is 1. The molecule has 2 fully saturated rings. The number of benzene rings is 1. The van der Waals surface area contributed by atoms with Crippen molar-refractivity contribution in [3.05, 3.63) is 35.5 Å². The van der Waals surface area contributed by atoms with Gasteiger partial charge in [-0.1, -0.05) is 24.6 Å². The lowest BCUT2D eigenvalue weighted by Gasteiger charge is -2.51. The minimum atomic E-state index is 0.234. The van der Waals surface area contributed by atoms with E-state index in [2.05, 4.69) is 39.0 Å². The molecule has 4 heteroatoms. The van der Waals surface area contributed by atoms with Gasteiger partial charge in [-0.2, -0.15) is 0 Å². The van der Waals surface area contributed by atoms with Gasteiger partial charge in [-0.3, -0.25) is 9.69 Å². The third-order valence-corrected chi connectivity index (χ3v) is 5.77. The Morgan fingerprint density at radius 1 is 1.14 bits per heavy atom. The van der Waals surface area contributed by atoms with Crippen LogP contribution in [0.25, 0.3) is 10.9 Å². The molecule has 0 aliphatic carbocycles. The van der Waals surface area contributed by atoms with E-state index >= 15 is 0 Å². The minimum absolute atomic E-state index is 0.234. The number of fused-ring (bicyclic) bond motifs is 7. The minimum Gasteiger partial charge on any atom is -0.356 e. The molecule has 0 bridgehead atoms. The second-order valence-corrected chi connectivity index (χ2v) is 6.88. The quantitative estimate of drug-likeness (QED) is 0.811. The summed E-state index contributed by atoms with van der Waals surface area (Å²) in [7, 11) is 0. The van der Waals surface area contributed by atoms with Crippen LogP contribution in [0.5, 0.6) is 0 Å². The SMILES string of the molecule is O=C1CN2CCCC[C@@H]2[C@H]2c3[nH]c4ccccc4c3CCN12. The summed E-state index contributed by atoms with van der Waals surface area (Å²) >= 11 is 0. The van der Waals surface area contributed by atoms with Gasteiger partial charge in [0.25, 0.3) is 0 Å². The molecule has 3 aliphatic heterocycles. The molecule has 2 atom stereocenters. The first-order valence-electron chi connectivity index (χ1n) is 8.46. The molecular formula is C18H21N3O. The first-order valence-corrected chi connectivity index (χ1v) is 8.46. The lowest BCUT2D eigenvalue weighted by atomic mass is 9.85. The Balaban J connectivity index is 1.67. The van der Waals surface area contributed by atoms with Crippen molar-refractivity contribution in [2.45, 2.75) is 37.8 Å². The van der Waals surface area contributed by atoms with E-state index in [1.807, 2.05) is 0 Å². The van der Waals surface area contributed by atoms with E-state index < -0.39 is 0 Å². The van der Waals surface area contributed by atoms with Crippen molar-refractivity contribution < 1.29 is 4.79 Å². The highest BCUT2D eigenvalue weighted by Gasteiger charge is 2.45. The Hall–Kier alpha value is -1.81. The number of para-hydroxylation sites is 1. The maximum Gasteiger partial charge on any atom is 0.237 e. The number of nitrogens with one attached hydrogen (secondary N) is 1. The van der Waals surface area contributed by atoms with Crippen LogP contribution in [0.1, 0.15) is 36.6 Å². The van der Waals surface area contributed by atoms with E-state index in [1.54, 1.807) is 0 Å². The molecule has 0 radical (unpaired) electrons. The van der Waals surface area contributed by atoms with Gasteiger partial charge in [-0.05, 0) is 37.4 Å². The van der Waals surface area contributed by atoms with Crippen LogP contribution in [-0.2, 0) is 11.2 Å². The zero-order valence-electron chi connectivity index (χ0n) is 12.7. The molecule has 5 rings (SSSR count). The van der Waals surface area contributed by atoms with Crippen molar-refractivity contribution in [3.8, 4) is 0 Å². The number of carbonyl (C=O) groups is 1. The topological polar surface area (TPSA) is 39.3 Å². The summed E-state index contributed by atoms with van der Waals surface area (Å²) in [5, 5.41) is 1.34. The second kappa shape index (κ2) is 4.59. The summed E-state index contributed by atoms with van der Waals surface area (Å²) < 4.78 is 0. The van der Waals surface area contributed by atoms with Gasteiger partial charge in [-0.15, -0.1) is 0 Å². The Labute approximate surface area is 130 Å². The number of H-pyrrole nitrogens is 1. The summed E-state index contributed by atoms with van der Waals surface area (Å²) in [5.74, 6) is 0.312. The van der Waals surface area contributed by atoms with Gasteiger partial charge in [0.1, 0.15) is 0 Å². The fourth-order valence-corrected chi connectivity index (χ4v) is 4.78. The first kappa shape index (κ1) is 12.7. The van der Waals surface area contributed by atoms with Crippen LogP contribution in [-0.4, -0.2) is 46.4 Å². The third-order valence-electron chi connectivity index (χ3n) is 5.77. The molecule has 114 valence electrons. The standard InChI is InChI=1S/C18H21N3O/c22-16-11-20-9-4-3-7-15(20)18-17-13(8-10-21(16)18)12-5-1-2-6-14(12)19-17/h1-2,5-6,15,18-19H,3-4,7-11H2/t15-,18+/m1/s1. The fourth-order valence-electron chi connectivity index (χ4n) is 4.78. The molecule has 2 saturated heterocycles. The van der Waals surface area contributed by atoms with Crippen LogP contribution in [0.3, 0.4) is 0 Å². The van der Waals surface area contributed by atoms with E-state index in [-0.39, 0.29) is 6.04 Å². The Kier molecular flexibility index (Phi) is 2.65. The molecule has 1 N–H and O–H groups in total. The summed E-state index contributed by atoms with van der Waals surface area (Å²) in [6.45, 7) is 2.58. The number of piperidine rings is 1. The highest BCUT2D eigenvalue weighted by molar-refractivity contribution is 5.87. The molecule has 22 heavy (non-hydrogen) atoms. The van der Waals surface area contributed by atoms with E-state index in [4.69, 9.17) is 0 Å². The van der Waals surface area contributed by atoms with E-state index in [9.17, 15) is 4.79 Å². The monoisotopic (exact) mass is 295 g/mol. The highest BCUT2D eigenvalue weighted by atomic mass is 16.2. The molecule has 2 aromatic rings. The molecular weight excluding hydrogens is 274 g/mol. The van der Waals surface area contributed by atoms with Crippen molar-refractivity contribution in [3.63, 3.8) is 0 Å². The zero-order chi connectivity index (χ0) is 14.7. The zero-order valence-corrected chi connectivity index (χ0v) is 12.7. The molecule has 4 heterocycles. The smallest absolute Gasteiger partial charge is 0.237 e. The number of hydrogen-bond acceptors (Lipinski definition) is 2. The normalized spacial score (nSPS) is 28.4. The number of piperazine rings is 1. The van der Waals surface area contributed by atoms with Crippen molar-refractivity contribution in [1.82, 2.24) is 14.8 Å². The Morgan fingerprint density at radius 3 is 3.00 bits per heavy atom. The molecule has 3 aliphatic rings. The predicted octanol–water partition coefficient (Wildman–Crippen LogP) is 2.46. The van der Waals surface area contributed by atoms with Gasteiger partial charge in [0.15, 0.2) is 0 Å². The number of amides is 1. The number of carbonyl (C=O) groups excluding carboxylic acids is 1. The maximum atomic E-state index is 12.6. The van der Waals surface area contributed by atoms with Gasteiger partial charge in [0.2, 0.25) is 5.91 Å². The fraction of sp³-hybridized carbons (Fsp3) is 0.500. The van der Waals surface area contributed by atoms with Gasteiger partial charge in [0, 0.05) is 29.2 Å². The molecule has 0 spiro atoms. The van der Waals surface area contributed by atoms with Crippen LogP contribution < -0.4 is 0 Å². The van der Waals surface area contributed by atoms with Gasteiger partial charge in [-0.25, -0.2) is 0 Å². The van der Waals surface area contributed by atoms with E-state index in [0.29, 0.717) is 18.5 Å². The van der Waals surface area contributed by atoms with E-state index in [0.717, 1.165) is 19.5 Å². The van der Waals surface area contributed by atoms with E-state index in [1.165, 1.54) is 41.4 Å². The third kappa shape index (κ3) is 1.64. The van der Waals surface area contributed by atoms with Gasteiger partial charge in [0.05, 0.1) is 12.6 Å². The molecule has 1 aromatic carbocycles. The second-order valence-electron chi connectivity index (χ2n) is 6.88. The highest BCUT2D eigenvalue weighted by Crippen LogP contribution is 2.42. The lowest BCUT2D eigenvalue weighted by molar-refractivity contribution is -0.146. The van der Waals surface area contributed by atoms with Crippen LogP contribution >= 0.6 is 0 Å². The van der Waals surface area contributed by atoms with Crippen LogP contribution in [0, 0.1) is 0 Å². The number of aromatic nitrogens is 1. The molecule has 4 nitrogen and oxygen atoms in total. The molecule has 0 unspecified atom stereocenters. The van der Waals surface area contributed by atoms with Crippen LogP contribution in [0.4, 0.5) is 0 Å². The van der Waals surface area contributed by atoms with Crippen molar-refractivity contribution in [1.29, 1.82) is 0 Å². The van der Waals surface area contributed by atoms with Crippen LogP contribution in [0.2, 0.25) is 0 Å².